The molecule has 2 aromatic rings. The largest absolute Gasteiger partial charge is 0.459 e. The first-order valence-electron chi connectivity index (χ1n) is 12.3. The molecule has 2 atom stereocenters. The summed E-state index contributed by atoms with van der Waals surface area (Å²) < 4.78 is 5.22. The van der Waals surface area contributed by atoms with E-state index < -0.39 is 16.5 Å². The summed E-state index contributed by atoms with van der Waals surface area (Å²) in [5.74, 6) is -1.11. The first kappa shape index (κ1) is 23.8. The van der Waals surface area contributed by atoms with Gasteiger partial charge in [0.15, 0.2) is 11.5 Å². The van der Waals surface area contributed by atoms with Gasteiger partial charge in [-0.05, 0) is 25.0 Å². The van der Waals surface area contributed by atoms with Gasteiger partial charge in [0.1, 0.15) is 5.70 Å². The highest BCUT2D eigenvalue weighted by Crippen LogP contribution is 2.41. The van der Waals surface area contributed by atoms with E-state index in [9.17, 15) is 24.5 Å². The average Bonchev–Trinajstić information content (AvgIpc) is 3.45. The molecule has 2 fully saturated rings. The Morgan fingerprint density at radius 2 is 1.72 bits per heavy atom. The molecule has 3 aliphatic rings. The number of piperazine rings is 1. The molecule has 0 bridgehead atoms. The van der Waals surface area contributed by atoms with Crippen LogP contribution < -0.4 is 0 Å². The summed E-state index contributed by atoms with van der Waals surface area (Å²) >= 11 is 0. The molecule has 0 N–H and O–H groups in total. The minimum Gasteiger partial charge on any atom is -0.459 e. The molecule has 188 valence electrons. The van der Waals surface area contributed by atoms with Gasteiger partial charge in [-0.2, -0.15) is 0 Å². The molecule has 10 nitrogen and oxygen atoms in total. The van der Waals surface area contributed by atoms with E-state index in [-0.39, 0.29) is 36.0 Å². The number of Topliss-reactive ketones (excluding diaryl/α,β-unsaturated/α-hetero) is 1. The van der Waals surface area contributed by atoms with Crippen LogP contribution in [0.15, 0.2) is 64.5 Å². The standard InChI is InChI=1S/C26H28N4O6/c31-21(18-7-2-1-3-8-18)17-29-20-10-5-4-9-19(20)23(24(26(29)33)30(34)35)27-12-14-28(15-13-27)25(32)22-11-6-16-36-22/h1-3,6-8,11,16,19-20H,4-5,9-10,12-15,17H2. The molecule has 36 heavy (non-hydrogen) atoms. The van der Waals surface area contributed by atoms with Crippen LogP contribution in [-0.2, 0) is 4.79 Å². The van der Waals surface area contributed by atoms with Gasteiger partial charge >= 0.3 is 11.6 Å². The number of hydrogen-bond donors (Lipinski definition) is 0. The smallest absolute Gasteiger partial charge is 0.352 e. The lowest BCUT2D eigenvalue weighted by Gasteiger charge is -2.47. The van der Waals surface area contributed by atoms with Crippen molar-refractivity contribution in [2.24, 2.45) is 5.92 Å². The molecule has 1 aliphatic carbocycles. The van der Waals surface area contributed by atoms with Crippen LogP contribution in [0.4, 0.5) is 0 Å². The molecule has 0 spiro atoms. The van der Waals surface area contributed by atoms with Crippen molar-refractivity contribution in [3.05, 3.63) is 81.6 Å². The second-order valence-corrected chi connectivity index (χ2v) is 9.43. The molecule has 1 saturated heterocycles. The van der Waals surface area contributed by atoms with Crippen molar-refractivity contribution in [1.29, 1.82) is 0 Å². The summed E-state index contributed by atoms with van der Waals surface area (Å²) in [5, 5.41) is 12.2. The SMILES string of the molecule is O=C(CN1C(=O)C([N+](=O)[O-])=C(N2CCN(C(=O)c3ccco3)CC2)C2CCCCC21)c1ccccc1. The molecular weight excluding hydrogens is 464 g/mol. The van der Waals surface area contributed by atoms with Crippen LogP contribution in [0.3, 0.4) is 0 Å². The lowest BCUT2D eigenvalue weighted by atomic mass is 9.77. The lowest BCUT2D eigenvalue weighted by molar-refractivity contribution is -0.424. The molecule has 2 unspecified atom stereocenters. The van der Waals surface area contributed by atoms with E-state index in [0.29, 0.717) is 50.3 Å². The molecule has 2 aliphatic heterocycles. The Bertz CT molecular complexity index is 1180. The van der Waals surface area contributed by atoms with E-state index in [2.05, 4.69) is 0 Å². The zero-order valence-corrected chi connectivity index (χ0v) is 19.9. The van der Waals surface area contributed by atoms with Gasteiger partial charge < -0.3 is 19.1 Å². The third-order valence-corrected chi connectivity index (χ3v) is 7.42. The number of furan rings is 1. The summed E-state index contributed by atoms with van der Waals surface area (Å²) in [5.41, 5.74) is 0.500. The quantitative estimate of drug-likeness (QED) is 0.346. The number of rotatable bonds is 6. The number of hydrogen-bond acceptors (Lipinski definition) is 7. The summed E-state index contributed by atoms with van der Waals surface area (Å²) in [6.07, 6.45) is 4.66. The van der Waals surface area contributed by atoms with Crippen molar-refractivity contribution in [3.63, 3.8) is 0 Å². The van der Waals surface area contributed by atoms with Crippen LogP contribution >= 0.6 is 0 Å². The summed E-state index contributed by atoms with van der Waals surface area (Å²) in [6.45, 7) is 1.34. The minimum absolute atomic E-state index is 0.180. The second kappa shape index (κ2) is 9.96. The highest BCUT2D eigenvalue weighted by Gasteiger charge is 2.50. The van der Waals surface area contributed by atoms with Gasteiger partial charge in [0.05, 0.1) is 17.7 Å². The van der Waals surface area contributed by atoms with E-state index in [0.717, 1.165) is 12.8 Å². The number of fused-ring (bicyclic) bond motifs is 1. The maximum absolute atomic E-state index is 13.5. The predicted molar refractivity (Wildman–Crippen MR) is 128 cm³/mol. The average molecular weight is 493 g/mol. The van der Waals surface area contributed by atoms with Crippen molar-refractivity contribution in [2.75, 3.05) is 32.7 Å². The molecule has 10 heteroatoms. The maximum Gasteiger partial charge on any atom is 0.352 e. The minimum atomic E-state index is -0.698. The fourth-order valence-electron chi connectivity index (χ4n) is 5.70. The lowest BCUT2D eigenvalue weighted by Crippen LogP contribution is -2.58. The van der Waals surface area contributed by atoms with Crippen LogP contribution in [0.25, 0.3) is 0 Å². The number of ketones is 1. The van der Waals surface area contributed by atoms with Gasteiger partial charge in [-0.1, -0.05) is 43.2 Å². The third-order valence-electron chi connectivity index (χ3n) is 7.42. The third kappa shape index (κ3) is 4.38. The zero-order valence-electron chi connectivity index (χ0n) is 19.9. The number of carbonyl (C=O) groups excluding carboxylic acids is 3. The van der Waals surface area contributed by atoms with Crippen molar-refractivity contribution < 1.29 is 23.7 Å². The molecule has 1 aromatic heterocycles. The van der Waals surface area contributed by atoms with Gasteiger partial charge in [-0.3, -0.25) is 24.5 Å². The van der Waals surface area contributed by atoms with Gasteiger partial charge in [0, 0.05) is 43.7 Å². The number of amides is 2. The monoisotopic (exact) mass is 492 g/mol. The summed E-state index contributed by atoms with van der Waals surface area (Å²) in [4.78, 5) is 55.8. The fraction of sp³-hybridized carbons (Fsp3) is 0.423. The molecule has 0 radical (unpaired) electrons. The van der Waals surface area contributed by atoms with Crippen molar-refractivity contribution >= 4 is 17.6 Å². The van der Waals surface area contributed by atoms with Gasteiger partial charge in [-0.15, -0.1) is 0 Å². The van der Waals surface area contributed by atoms with E-state index in [4.69, 9.17) is 4.42 Å². The molecule has 3 heterocycles. The molecule has 1 saturated carbocycles. The molecule has 1 aromatic carbocycles. The van der Waals surface area contributed by atoms with Crippen molar-refractivity contribution in [2.45, 2.75) is 31.7 Å². The van der Waals surface area contributed by atoms with Gasteiger partial charge in [0.25, 0.3) is 5.91 Å². The van der Waals surface area contributed by atoms with E-state index in [1.54, 1.807) is 41.3 Å². The Labute approximate surface area is 208 Å². The van der Waals surface area contributed by atoms with Crippen molar-refractivity contribution in [3.8, 4) is 0 Å². The highest BCUT2D eigenvalue weighted by atomic mass is 16.6. The normalized spacial score (nSPS) is 22.4. The van der Waals surface area contributed by atoms with Crippen molar-refractivity contribution in [1.82, 2.24) is 14.7 Å². The predicted octanol–water partition coefficient (Wildman–Crippen LogP) is 2.81. The Hall–Kier alpha value is -3.95. The highest BCUT2D eigenvalue weighted by molar-refractivity contribution is 6.02. The van der Waals surface area contributed by atoms with Crippen LogP contribution in [-0.4, -0.2) is 76.0 Å². The Kier molecular flexibility index (Phi) is 6.58. The Morgan fingerprint density at radius 1 is 1.00 bits per heavy atom. The second-order valence-electron chi connectivity index (χ2n) is 9.43. The molecular formula is C26H28N4O6. The molecule has 2 amide bonds. The van der Waals surface area contributed by atoms with Crippen LogP contribution in [0.1, 0.15) is 46.6 Å². The number of benzene rings is 1. The van der Waals surface area contributed by atoms with E-state index >= 15 is 0 Å². The number of nitrogens with zero attached hydrogens (tertiary/aromatic N) is 4. The summed E-state index contributed by atoms with van der Waals surface area (Å²) in [7, 11) is 0. The van der Waals surface area contributed by atoms with E-state index in [1.807, 2.05) is 11.0 Å². The topological polar surface area (TPSA) is 117 Å². The Balaban J connectivity index is 1.41. The number of carbonyl (C=O) groups is 3. The number of nitro groups is 1. The van der Waals surface area contributed by atoms with Crippen LogP contribution in [0.5, 0.6) is 0 Å². The van der Waals surface area contributed by atoms with Gasteiger partial charge in [0.2, 0.25) is 0 Å². The van der Waals surface area contributed by atoms with Crippen LogP contribution in [0, 0.1) is 16.0 Å². The first-order chi connectivity index (χ1) is 17.5. The summed E-state index contributed by atoms with van der Waals surface area (Å²) in [6, 6.07) is 11.7. The first-order valence-corrected chi connectivity index (χ1v) is 12.3. The fourth-order valence-corrected chi connectivity index (χ4v) is 5.70. The van der Waals surface area contributed by atoms with E-state index in [1.165, 1.54) is 11.2 Å². The van der Waals surface area contributed by atoms with Crippen LogP contribution in [0.2, 0.25) is 0 Å². The maximum atomic E-state index is 13.5. The zero-order chi connectivity index (χ0) is 25.2. The Morgan fingerprint density at radius 3 is 2.39 bits per heavy atom. The van der Waals surface area contributed by atoms with Gasteiger partial charge in [-0.25, -0.2) is 0 Å². The molecule has 5 rings (SSSR count).